The van der Waals surface area contributed by atoms with E-state index in [1.54, 1.807) is 41.7 Å². The van der Waals surface area contributed by atoms with Gasteiger partial charge >= 0.3 is 0 Å². The highest BCUT2D eigenvalue weighted by molar-refractivity contribution is 7.15. The normalized spacial score (nSPS) is 23.3. The molecule has 1 amide bonds. The molecule has 0 bridgehead atoms. The topological polar surface area (TPSA) is 170 Å². The van der Waals surface area contributed by atoms with Crippen molar-refractivity contribution >= 4 is 34.6 Å². The zero-order chi connectivity index (χ0) is 43.0. The first-order chi connectivity index (χ1) is 29.8. The molecule has 2 aromatic heterocycles. The van der Waals surface area contributed by atoms with Crippen molar-refractivity contribution in [3.8, 4) is 22.6 Å². The summed E-state index contributed by atoms with van der Waals surface area (Å²) in [5.74, 6) is 3.82. The van der Waals surface area contributed by atoms with Gasteiger partial charge in [-0.3, -0.25) is 14.4 Å². The van der Waals surface area contributed by atoms with Crippen LogP contribution in [-0.4, -0.2) is 62.6 Å². The molecule has 4 aromatic rings. The van der Waals surface area contributed by atoms with Gasteiger partial charge in [0, 0.05) is 41.2 Å². The number of rotatable bonds is 9. The van der Waals surface area contributed by atoms with Gasteiger partial charge in [-0.15, -0.1) is 21.5 Å². The molecule has 0 unspecified atom stereocenters. The van der Waals surface area contributed by atoms with Crippen molar-refractivity contribution in [3.05, 3.63) is 110 Å². The number of nitrogens with one attached hydrogen (secondary N) is 1. The lowest BCUT2D eigenvalue weighted by molar-refractivity contribution is -0.162. The van der Waals surface area contributed by atoms with Crippen molar-refractivity contribution in [2.45, 2.75) is 122 Å². The summed E-state index contributed by atoms with van der Waals surface area (Å²) in [5.41, 5.74) is 18.4. The summed E-state index contributed by atoms with van der Waals surface area (Å²) in [4.78, 5) is 21.9. The number of halogens is 1. The van der Waals surface area contributed by atoms with Gasteiger partial charge in [0.05, 0.1) is 40.0 Å². The lowest BCUT2D eigenvalue weighted by atomic mass is 9.42. The highest BCUT2D eigenvalue weighted by Gasteiger charge is 2.61. The van der Waals surface area contributed by atoms with E-state index in [4.69, 9.17) is 42.8 Å². The lowest BCUT2D eigenvalue weighted by Gasteiger charge is -2.65. The van der Waals surface area contributed by atoms with Gasteiger partial charge in [0.2, 0.25) is 0 Å². The summed E-state index contributed by atoms with van der Waals surface area (Å²) in [5, 5.41) is 22.8. The van der Waals surface area contributed by atoms with E-state index in [1.165, 1.54) is 33.8 Å². The quantitative estimate of drug-likeness (QED) is 0.111. The molecule has 2 aromatic carbocycles. The first kappa shape index (κ1) is 40.7. The van der Waals surface area contributed by atoms with Crippen LogP contribution >= 0.6 is 22.9 Å². The number of nitrogens with two attached hydrogens (primary N) is 2. The molecule has 0 atom stereocenters. The van der Waals surface area contributed by atoms with Crippen molar-refractivity contribution < 1.29 is 14.3 Å². The van der Waals surface area contributed by atoms with Crippen molar-refractivity contribution in [2.75, 3.05) is 13.1 Å². The number of hydrogen-bond donors (Lipinski definition) is 3. The molecule has 0 radical (unpaired) electrons. The van der Waals surface area contributed by atoms with Crippen LogP contribution < -0.4 is 26.3 Å². The average Bonchev–Trinajstić information content (AvgIpc) is 3.86. The van der Waals surface area contributed by atoms with Gasteiger partial charge in [0.15, 0.2) is 5.82 Å². The van der Waals surface area contributed by atoms with Crippen LogP contribution in [0.1, 0.15) is 116 Å². The number of aryl methyl sites for hydroxylation is 2. The predicted octanol–water partition coefficient (Wildman–Crippen LogP) is 8.17. The highest BCUT2D eigenvalue weighted by atomic mass is 35.5. The fourth-order valence-electron chi connectivity index (χ4n) is 11.0. The Bertz CT molecular complexity index is 2550. The van der Waals surface area contributed by atoms with Gasteiger partial charge in [0.25, 0.3) is 5.91 Å². The molecule has 322 valence electrons. The van der Waals surface area contributed by atoms with Crippen LogP contribution in [0.15, 0.2) is 71.1 Å². The maximum Gasteiger partial charge on any atom is 0.267 e. The molecule has 2 aliphatic heterocycles. The molecule has 5 N–H and O–H groups in total. The van der Waals surface area contributed by atoms with E-state index in [0.717, 1.165) is 106 Å². The summed E-state index contributed by atoms with van der Waals surface area (Å²) in [6.07, 6.45) is 15.8. The first-order valence-electron chi connectivity index (χ1n) is 22.1. The number of hydrogen-bond acceptors (Lipinski definition) is 11. The minimum atomic E-state index is -0.289. The summed E-state index contributed by atoms with van der Waals surface area (Å²) in [6.45, 7) is 8.24. The third kappa shape index (κ3) is 7.42. The van der Waals surface area contributed by atoms with Gasteiger partial charge in [0.1, 0.15) is 33.9 Å². The molecular formula is C48H54ClN9O3S. The van der Waals surface area contributed by atoms with Crippen LogP contribution in [0.3, 0.4) is 0 Å². The Labute approximate surface area is 372 Å². The third-order valence-corrected chi connectivity index (χ3v) is 16.1. The highest BCUT2D eigenvalue weighted by Crippen LogP contribution is 2.68. The molecule has 12 nitrogen and oxygen atoms in total. The molecule has 3 spiro atoms. The largest absolute Gasteiger partial charge is 0.490 e. The molecular weight excluding hydrogens is 818 g/mol. The number of amides is 1. The fourth-order valence-corrected chi connectivity index (χ4v) is 12.5. The Balaban J connectivity index is 0.672. The number of nitriles is 1. The van der Waals surface area contributed by atoms with E-state index in [9.17, 15) is 4.79 Å². The van der Waals surface area contributed by atoms with Crippen LogP contribution in [0.5, 0.6) is 11.5 Å². The van der Waals surface area contributed by atoms with Gasteiger partial charge in [-0.25, -0.2) is 0 Å². The third-order valence-electron chi connectivity index (χ3n) is 14.6. The SMILES string of the molecule is Cc1sc2c(c1C)C(c1ccc(OC3CC4(C3)CC3(CCN(/C(N)=C/C=C(\N)C(=O)NC5CCC(Oc6ccc(C#N)c(Cl)c6)CC5)CC3)C4)cc1)=NC1(CC1)c1nnc(C)n1-2. The number of fused-ring (bicyclic) bond motifs is 4. The number of nitrogens with zero attached hydrogens (tertiary/aromatic N) is 6. The number of carbonyl (C=O) groups is 1. The standard InChI is InChI=1S/C48H54ClN9O3S/c1-28-29(2)62-44-41(28)42(54-48(16-17-48)45-56-55-30(3)58(44)45)31-4-9-34(10-5-31)61-37-23-47(24-37)26-46(27-47)18-20-57(21-19-46)40(52)15-14-39(51)43(59)53-33-7-12-35(13-8-33)60-36-11-6-32(25-50)38(49)22-36/h4-6,9-11,14-15,22,33,35,37H,7-8,12-13,16-21,23-24,26-27,51-52H2,1-3H3,(H,53,59)/b39-14-,40-15+. The first-order valence-corrected chi connectivity index (χ1v) is 23.3. The van der Waals surface area contributed by atoms with Crippen molar-refractivity contribution in [2.24, 2.45) is 27.3 Å². The van der Waals surface area contributed by atoms with E-state index in [0.29, 0.717) is 33.0 Å². The Morgan fingerprint density at radius 2 is 1.61 bits per heavy atom. The Kier molecular flexibility index (Phi) is 10.2. The summed E-state index contributed by atoms with van der Waals surface area (Å²) in [6, 6.07) is 15.8. The number of thiophene rings is 1. The number of piperidine rings is 1. The zero-order valence-corrected chi connectivity index (χ0v) is 37.2. The molecule has 5 fully saturated rings. The molecule has 62 heavy (non-hydrogen) atoms. The number of aliphatic imine (C=N–C) groups is 1. The van der Waals surface area contributed by atoms with Crippen LogP contribution in [0, 0.1) is 42.9 Å². The van der Waals surface area contributed by atoms with Crippen LogP contribution in [0.25, 0.3) is 5.00 Å². The number of ether oxygens (including phenoxy) is 2. The van der Waals surface area contributed by atoms with Crippen LogP contribution in [0.2, 0.25) is 5.02 Å². The number of benzene rings is 2. The van der Waals surface area contributed by atoms with Gasteiger partial charge in [-0.1, -0.05) is 11.6 Å². The van der Waals surface area contributed by atoms with E-state index >= 15 is 0 Å². The molecule has 6 aliphatic rings. The minimum Gasteiger partial charge on any atom is -0.490 e. The van der Waals surface area contributed by atoms with Gasteiger partial charge in [-0.05, 0) is 163 Å². The maximum atomic E-state index is 12.9. The number of likely N-dealkylation sites (tertiary alicyclic amines) is 1. The Hall–Kier alpha value is -5.32. The molecule has 4 heterocycles. The van der Waals surface area contributed by atoms with E-state index < -0.39 is 0 Å². The van der Waals surface area contributed by atoms with Crippen molar-refractivity contribution in [1.29, 1.82) is 5.26 Å². The minimum absolute atomic E-state index is 0.0239. The maximum absolute atomic E-state index is 12.9. The average molecular weight is 873 g/mol. The van der Waals surface area contributed by atoms with Crippen LogP contribution in [-0.2, 0) is 10.3 Å². The molecule has 4 aliphatic carbocycles. The second-order valence-corrected chi connectivity index (χ2v) is 20.5. The summed E-state index contributed by atoms with van der Waals surface area (Å²) in [7, 11) is 0. The second kappa shape index (κ2) is 15.5. The van der Waals surface area contributed by atoms with Gasteiger partial charge in [-0.2, -0.15) is 5.26 Å². The second-order valence-electron chi connectivity index (χ2n) is 18.9. The Morgan fingerprint density at radius 3 is 2.29 bits per heavy atom. The summed E-state index contributed by atoms with van der Waals surface area (Å²) < 4.78 is 14.9. The zero-order valence-electron chi connectivity index (χ0n) is 35.7. The predicted molar refractivity (Wildman–Crippen MR) is 241 cm³/mol. The monoisotopic (exact) mass is 871 g/mol. The fraction of sp³-hybridized carbons (Fsp3) is 0.479. The summed E-state index contributed by atoms with van der Waals surface area (Å²) >= 11 is 7.97. The molecule has 10 rings (SSSR count). The van der Waals surface area contributed by atoms with Crippen molar-refractivity contribution in [3.63, 3.8) is 0 Å². The van der Waals surface area contributed by atoms with Gasteiger partial charge < -0.3 is 31.2 Å². The van der Waals surface area contributed by atoms with E-state index in [1.807, 2.05) is 6.92 Å². The van der Waals surface area contributed by atoms with Crippen LogP contribution in [0.4, 0.5) is 0 Å². The molecule has 1 saturated heterocycles. The smallest absolute Gasteiger partial charge is 0.267 e. The van der Waals surface area contributed by atoms with Crippen molar-refractivity contribution in [1.82, 2.24) is 25.0 Å². The Morgan fingerprint density at radius 1 is 0.919 bits per heavy atom. The molecule has 4 saturated carbocycles. The van der Waals surface area contributed by atoms with E-state index in [-0.39, 0.29) is 35.4 Å². The lowest BCUT2D eigenvalue weighted by Crippen LogP contribution is -2.59. The molecule has 14 heteroatoms. The number of allylic oxidation sites excluding steroid dienone is 2. The number of carbonyl (C=O) groups excluding carboxylic acids is 1. The van der Waals surface area contributed by atoms with E-state index in [2.05, 4.69) is 69.2 Å². The number of aromatic nitrogens is 3.